The molecule has 0 aliphatic carbocycles. The molecular formula is C26H29ClN2OS. The van der Waals surface area contributed by atoms with Gasteiger partial charge in [-0.3, -0.25) is 0 Å². The standard InChI is InChI=1S/C26H29ClN2OS/c1-18(2)23-5-3-4-6-24(23)19-7-9-25(20(15-19)12-14-30)29-13-11-22(17-29)31-26-10-8-21(27)16-28-26/h3-10,15-16,18,22,30H,11-14,17H2,1-2H3/t22-/m0/s1. The predicted octanol–water partition coefficient (Wildman–Crippen LogP) is 6.43. The second-order valence-electron chi connectivity index (χ2n) is 8.35. The highest BCUT2D eigenvalue weighted by Gasteiger charge is 2.25. The third-order valence-electron chi connectivity index (χ3n) is 5.83. The Bertz CT molecular complexity index is 1020. The first-order valence-corrected chi connectivity index (χ1v) is 12.2. The van der Waals surface area contributed by atoms with Gasteiger partial charge in [-0.1, -0.05) is 55.8 Å². The minimum absolute atomic E-state index is 0.156. The van der Waals surface area contributed by atoms with Crippen molar-refractivity contribution in [2.75, 3.05) is 24.6 Å². The van der Waals surface area contributed by atoms with Gasteiger partial charge >= 0.3 is 0 Å². The summed E-state index contributed by atoms with van der Waals surface area (Å²) in [5, 5.41) is 11.9. The van der Waals surface area contributed by atoms with E-state index in [1.807, 2.05) is 23.9 Å². The molecule has 1 aromatic heterocycles. The fraction of sp³-hybridized carbons (Fsp3) is 0.346. The topological polar surface area (TPSA) is 36.4 Å². The molecule has 1 saturated heterocycles. The van der Waals surface area contributed by atoms with Crippen molar-refractivity contribution >= 4 is 29.1 Å². The zero-order chi connectivity index (χ0) is 21.8. The van der Waals surface area contributed by atoms with Gasteiger partial charge < -0.3 is 10.0 Å². The molecule has 31 heavy (non-hydrogen) atoms. The molecule has 0 bridgehead atoms. The van der Waals surface area contributed by atoms with Crippen LogP contribution < -0.4 is 4.90 Å². The second kappa shape index (κ2) is 10.1. The smallest absolute Gasteiger partial charge is 0.0964 e. The number of rotatable bonds is 7. The Balaban J connectivity index is 1.56. The van der Waals surface area contributed by atoms with E-state index in [0.29, 0.717) is 22.6 Å². The number of anilines is 1. The molecule has 1 N–H and O–H groups in total. The van der Waals surface area contributed by atoms with Crippen molar-refractivity contribution in [3.05, 3.63) is 76.9 Å². The van der Waals surface area contributed by atoms with Crippen LogP contribution in [-0.2, 0) is 6.42 Å². The van der Waals surface area contributed by atoms with Crippen LogP contribution in [0.3, 0.4) is 0 Å². The van der Waals surface area contributed by atoms with Crippen LogP contribution in [0.5, 0.6) is 0 Å². The van der Waals surface area contributed by atoms with Crippen molar-refractivity contribution in [2.24, 2.45) is 0 Å². The van der Waals surface area contributed by atoms with E-state index in [2.05, 4.69) is 66.2 Å². The van der Waals surface area contributed by atoms with Gasteiger partial charge in [0.15, 0.2) is 0 Å². The molecule has 1 atom stereocenters. The molecule has 0 saturated carbocycles. The highest BCUT2D eigenvalue weighted by Crippen LogP contribution is 2.36. The molecule has 1 aliphatic rings. The van der Waals surface area contributed by atoms with Crippen LogP contribution in [-0.4, -0.2) is 35.0 Å². The number of thioether (sulfide) groups is 1. The first-order valence-electron chi connectivity index (χ1n) is 10.9. The second-order valence-corrected chi connectivity index (χ2v) is 10.1. The van der Waals surface area contributed by atoms with Gasteiger partial charge in [-0.25, -0.2) is 4.98 Å². The molecule has 3 nitrogen and oxygen atoms in total. The maximum atomic E-state index is 9.72. The van der Waals surface area contributed by atoms with Crippen LogP contribution in [0, 0.1) is 0 Å². The van der Waals surface area contributed by atoms with Gasteiger partial charge in [-0.2, -0.15) is 0 Å². The molecule has 3 aromatic rings. The van der Waals surface area contributed by atoms with Crippen molar-refractivity contribution in [1.82, 2.24) is 4.98 Å². The lowest BCUT2D eigenvalue weighted by molar-refractivity contribution is 0.299. The van der Waals surface area contributed by atoms with E-state index in [1.165, 1.54) is 27.9 Å². The predicted molar refractivity (Wildman–Crippen MR) is 132 cm³/mol. The average Bonchev–Trinajstić information content (AvgIpc) is 3.24. The lowest BCUT2D eigenvalue weighted by atomic mass is 9.91. The maximum absolute atomic E-state index is 9.72. The molecule has 2 aromatic carbocycles. The molecule has 1 aliphatic heterocycles. The summed E-state index contributed by atoms with van der Waals surface area (Å²) in [6.45, 7) is 6.63. The summed E-state index contributed by atoms with van der Waals surface area (Å²) in [4.78, 5) is 6.89. The van der Waals surface area contributed by atoms with E-state index in [4.69, 9.17) is 11.6 Å². The first kappa shape index (κ1) is 22.2. The molecule has 2 heterocycles. The van der Waals surface area contributed by atoms with E-state index < -0.39 is 0 Å². The lowest BCUT2D eigenvalue weighted by Crippen LogP contribution is -2.22. The summed E-state index contributed by atoms with van der Waals surface area (Å²) in [6.07, 6.45) is 3.50. The minimum atomic E-state index is 0.156. The van der Waals surface area contributed by atoms with Gasteiger partial charge in [0.2, 0.25) is 0 Å². The number of hydrogen-bond donors (Lipinski definition) is 1. The number of aromatic nitrogens is 1. The Morgan fingerprint density at radius 1 is 1.16 bits per heavy atom. The maximum Gasteiger partial charge on any atom is 0.0964 e. The Morgan fingerprint density at radius 3 is 2.74 bits per heavy atom. The normalized spacial score (nSPS) is 16.3. The minimum Gasteiger partial charge on any atom is -0.396 e. The van der Waals surface area contributed by atoms with Crippen molar-refractivity contribution in [3.8, 4) is 11.1 Å². The van der Waals surface area contributed by atoms with Gasteiger partial charge in [0.05, 0.1) is 10.0 Å². The number of aliphatic hydroxyl groups is 1. The van der Waals surface area contributed by atoms with Crippen LogP contribution >= 0.6 is 23.4 Å². The fourth-order valence-corrected chi connectivity index (χ4v) is 5.48. The largest absolute Gasteiger partial charge is 0.396 e. The summed E-state index contributed by atoms with van der Waals surface area (Å²) in [6, 6.07) is 19.3. The summed E-state index contributed by atoms with van der Waals surface area (Å²) in [5.74, 6) is 0.468. The Hall–Kier alpha value is -2.01. The Morgan fingerprint density at radius 2 is 2.00 bits per heavy atom. The highest BCUT2D eigenvalue weighted by molar-refractivity contribution is 7.99. The molecule has 0 radical (unpaired) electrons. The average molecular weight is 453 g/mol. The third-order valence-corrected chi connectivity index (χ3v) is 7.25. The first-order chi connectivity index (χ1) is 15.0. The Kier molecular flexibility index (Phi) is 7.21. The summed E-state index contributed by atoms with van der Waals surface area (Å²) >= 11 is 7.78. The highest BCUT2D eigenvalue weighted by atomic mass is 35.5. The molecule has 0 unspecified atom stereocenters. The van der Waals surface area contributed by atoms with E-state index in [9.17, 15) is 5.11 Å². The van der Waals surface area contributed by atoms with Gasteiger partial charge in [0.1, 0.15) is 0 Å². The summed E-state index contributed by atoms with van der Waals surface area (Å²) in [7, 11) is 0. The van der Waals surface area contributed by atoms with E-state index in [-0.39, 0.29) is 6.61 Å². The number of aliphatic hydroxyl groups excluding tert-OH is 1. The van der Waals surface area contributed by atoms with Gasteiger partial charge in [-0.15, -0.1) is 11.8 Å². The zero-order valence-corrected chi connectivity index (χ0v) is 19.7. The number of benzene rings is 2. The van der Waals surface area contributed by atoms with Gasteiger partial charge in [0, 0.05) is 36.8 Å². The fourth-order valence-electron chi connectivity index (χ4n) is 4.29. The molecule has 0 spiro atoms. The van der Waals surface area contributed by atoms with Crippen LogP contribution in [0.4, 0.5) is 5.69 Å². The lowest BCUT2D eigenvalue weighted by Gasteiger charge is -2.23. The molecule has 4 rings (SSSR count). The van der Waals surface area contributed by atoms with Crippen molar-refractivity contribution in [3.63, 3.8) is 0 Å². The quantitative estimate of drug-likeness (QED) is 0.448. The number of pyridine rings is 1. The van der Waals surface area contributed by atoms with Crippen LogP contribution in [0.25, 0.3) is 11.1 Å². The van der Waals surface area contributed by atoms with Crippen LogP contribution in [0.2, 0.25) is 5.02 Å². The van der Waals surface area contributed by atoms with Gasteiger partial charge in [-0.05, 0) is 65.3 Å². The number of hydrogen-bond acceptors (Lipinski definition) is 4. The van der Waals surface area contributed by atoms with E-state index in [0.717, 1.165) is 24.5 Å². The SMILES string of the molecule is CC(C)c1ccccc1-c1ccc(N2CC[C@H](Sc3ccc(Cl)cn3)C2)c(CCO)c1. The molecule has 0 amide bonds. The molecular weight excluding hydrogens is 424 g/mol. The summed E-state index contributed by atoms with van der Waals surface area (Å²) in [5.41, 5.74) is 6.33. The van der Waals surface area contributed by atoms with Crippen LogP contribution in [0.1, 0.15) is 37.3 Å². The van der Waals surface area contributed by atoms with Crippen LogP contribution in [0.15, 0.2) is 65.8 Å². The number of nitrogens with zero attached hydrogens (tertiary/aromatic N) is 2. The van der Waals surface area contributed by atoms with E-state index in [1.54, 1.807) is 6.20 Å². The summed E-state index contributed by atoms with van der Waals surface area (Å²) < 4.78 is 0. The Labute approximate surface area is 194 Å². The zero-order valence-electron chi connectivity index (χ0n) is 18.1. The molecule has 162 valence electrons. The van der Waals surface area contributed by atoms with Gasteiger partial charge in [0.25, 0.3) is 0 Å². The third kappa shape index (κ3) is 5.25. The van der Waals surface area contributed by atoms with E-state index >= 15 is 0 Å². The molecule has 1 fully saturated rings. The van der Waals surface area contributed by atoms with Crippen molar-refractivity contribution in [1.29, 1.82) is 0 Å². The number of halogens is 1. The monoisotopic (exact) mass is 452 g/mol. The van der Waals surface area contributed by atoms with Crippen molar-refractivity contribution in [2.45, 2.75) is 42.9 Å². The van der Waals surface area contributed by atoms with Crippen molar-refractivity contribution < 1.29 is 5.11 Å². The molecule has 5 heteroatoms.